The molecule has 1 nitrogen and oxygen atoms in total. The lowest BCUT2D eigenvalue weighted by molar-refractivity contribution is -0.0512. The van der Waals surface area contributed by atoms with Crippen LogP contribution >= 0.6 is 0 Å². The van der Waals surface area contributed by atoms with Crippen molar-refractivity contribution in [1.82, 2.24) is 0 Å². The molecule has 0 heterocycles. The van der Waals surface area contributed by atoms with Crippen molar-refractivity contribution in [3.8, 4) is 0 Å². The molecule has 1 rings (SSSR count). The highest BCUT2D eigenvalue weighted by Gasteiger charge is 2.31. The van der Waals surface area contributed by atoms with Gasteiger partial charge in [-0.25, -0.2) is 0 Å². The van der Waals surface area contributed by atoms with Crippen LogP contribution < -0.4 is 0 Å². The third-order valence-corrected chi connectivity index (χ3v) is 3.64. The van der Waals surface area contributed by atoms with Crippen LogP contribution in [0.25, 0.3) is 0 Å². The summed E-state index contributed by atoms with van der Waals surface area (Å²) < 4.78 is 6.10. The number of benzene rings is 1. The molecule has 0 aliphatic heterocycles. The van der Waals surface area contributed by atoms with Crippen LogP contribution in [0.5, 0.6) is 0 Å². The van der Waals surface area contributed by atoms with Gasteiger partial charge >= 0.3 is 0 Å². The molecule has 0 aliphatic carbocycles. The predicted molar refractivity (Wildman–Crippen MR) is 74.4 cm³/mol. The van der Waals surface area contributed by atoms with Crippen LogP contribution in [0.2, 0.25) is 0 Å². The topological polar surface area (TPSA) is 9.23 Å². The summed E-state index contributed by atoms with van der Waals surface area (Å²) in [4.78, 5) is 0. The van der Waals surface area contributed by atoms with Crippen LogP contribution in [0.1, 0.15) is 64.5 Å². The van der Waals surface area contributed by atoms with E-state index in [0.29, 0.717) is 5.92 Å². The van der Waals surface area contributed by atoms with Crippen LogP contribution in [-0.4, -0.2) is 6.61 Å². The van der Waals surface area contributed by atoms with Gasteiger partial charge in [-0.05, 0) is 36.8 Å². The van der Waals surface area contributed by atoms with E-state index in [1.807, 2.05) is 0 Å². The Morgan fingerprint density at radius 3 is 2.12 bits per heavy atom. The Bertz CT molecular complexity index is 337. The Balaban J connectivity index is 3.26. The Kier molecular flexibility index (Phi) is 5.20. The molecular weight excluding hydrogens is 208 g/mol. The fourth-order valence-electron chi connectivity index (χ4n) is 2.60. The third-order valence-electron chi connectivity index (χ3n) is 3.64. The summed E-state index contributed by atoms with van der Waals surface area (Å²) in [5, 5.41) is 0. The SMILES string of the molecule is CCOC(CC)(CC)c1ccccc1C(C)C. The highest BCUT2D eigenvalue weighted by molar-refractivity contribution is 5.34. The van der Waals surface area contributed by atoms with Gasteiger partial charge in [0.15, 0.2) is 0 Å². The monoisotopic (exact) mass is 234 g/mol. The minimum atomic E-state index is -0.102. The molecule has 1 aromatic rings. The fraction of sp³-hybridized carbons (Fsp3) is 0.625. The summed E-state index contributed by atoms with van der Waals surface area (Å²) in [7, 11) is 0. The van der Waals surface area contributed by atoms with E-state index < -0.39 is 0 Å². The van der Waals surface area contributed by atoms with Gasteiger partial charge in [0.05, 0.1) is 5.60 Å². The van der Waals surface area contributed by atoms with Crippen molar-refractivity contribution >= 4 is 0 Å². The summed E-state index contributed by atoms with van der Waals surface area (Å²) in [6.07, 6.45) is 2.06. The molecule has 0 bridgehead atoms. The van der Waals surface area contributed by atoms with Crippen LogP contribution in [0, 0.1) is 0 Å². The summed E-state index contributed by atoms with van der Waals surface area (Å²) in [6, 6.07) is 8.72. The maximum atomic E-state index is 6.10. The van der Waals surface area contributed by atoms with Gasteiger partial charge in [-0.15, -0.1) is 0 Å². The predicted octanol–water partition coefficient (Wildman–Crippen LogP) is 4.86. The number of hydrogen-bond donors (Lipinski definition) is 0. The molecule has 0 saturated heterocycles. The van der Waals surface area contributed by atoms with Crippen LogP contribution in [-0.2, 0) is 10.3 Å². The van der Waals surface area contributed by atoms with Crippen LogP contribution in [0.15, 0.2) is 24.3 Å². The molecule has 0 N–H and O–H groups in total. The molecule has 1 aromatic carbocycles. The molecule has 96 valence electrons. The lowest BCUT2D eigenvalue weighted by Gasteiger charge is -2.34. The molecular formula is C16H26O. The average molecular weight is 234 g/mol. The van der Waals surface area contributed by atoms with Gasteiger partial charge in [0.1, 0.15) is 0 Å². The minimum Gasteiger partial charge on any atom is -0.371 e. The fourth-order valence-corrected chi connectivity index (χ4v) is 2.60. The van der Waals surface area contributed by atoms with E-state index in [1.54, 1.807) is 0 Å². The number of rotatable bonds is 6. The van der Waals surface area contributed by atoms with Crippen LogP contribution in [0.4, 0.5) is 0 Å². The molecule has 0 amide bonds. The van der Waals surface area contributed by atoms with Crippen molar-refractivity contribution in [2.75, 3.05) is 6.61 Å². The molecule has 0 fully saturated rings. The van der Waals surface area contributed by atoms with Gasteiger partial charge in [-0.1, -0.05) is 52.0 Å². The smallest absolute Gasteiger partial charge is 0.0928 e. The Labute approximate surface area is 106 Å². The Morgan fingerprint density at radius 2 is 1.65 bits per heavy atom. The third kappa shape index (κ3) is 2.90. The van der Waals surface area contributed by atoms with Gasteiger partial charge in [0, 0.05) is 6.61 Å². The van der Waals surface area contributed by atoms with Crippen molar-refractivity contribution in [2.45, 2.75) is 59.0 Å². The van der Waals surface area contributed by atoms with Crippen molar-refractivity contribution in [1.29, 1.82) is 0 Å². The second kappa shape index (κ2) is 6.20. The van der Waals surface area contributed by atoms with Gasteiger partial charge in [0.25, 0.3) is 0 Å². The average Bonchev–Trinajstić information content (AvgIpc) is 2.36. The standard InChI is InChI=1S/C16H26O/c1-6-16(7-2,17-8-3)15-12-10-9-11-14(15)13(4)5/h9-13H,6-8H2,1-5H3. The zero-order chi connectivity index (χ0) is 12.9. The van der Waals surface area contributed by atoms with Gasteiger partial charge in [0.2, 0.25) is 0 Å². The first-order valence-electron chi connectivity index (χ1n) is 6.84. The highest BCUT2D eigenvalue weighted by Crippen LogP contribution is 2.37. The molecule has 0 aromatic heterocycles. The molecule has 0 aliphatic rings. The molecule has 0 unspecified atom stereocenters. The van der Waals surface area contributed by atoms with Crippen LogP contribution in [0.3, 0.4) is 0 Å². The van der Waals surface area contributed by atoms with E-state index in [2.05, 4.69) is 58.9 Å². The first-order valence-corrected chi connectivity index (χ1v) is 6.84. The maximum absolute atomic E-state index is 6.10. The number of hydrogen-bond acceptors (Lipinski definition) is 1. The quantitative estimate of drug-likeness (QED) is 0.683. The largest absolute Gasteiger partial charge is 0.371 e. The lowest BCUT2D eigenvalue weighted by Crippen LogP contribution is -2.29. The second-order valence-electron chi connectivity index (χ2n) is 4.88. The highest BCUT2D eigenvalue weighted by atomic mass is 16.5. The van der Waals surface area contributed by atoms with Gasteiger partial charge in [-0.2, -0.15) is 0 Å². The van der Waals surface area contributed by atoms with Gasteiger partial charge < -0.3 is 4.74 Å². The minimum absolute atomic E-state index is 0.102. The van der Waals surface area contributed by atoms with Crippen molar-refractivity contribution in [2.24, 2.45) is 0 Å². The van der Waals surface area contributed by atoms with E-state index in [9.17, 15) is 0 Å². The number of ether oxygens (including phenoxy) is 1. The van der Waals surface area contributed by atoms with Crippen molar-refractivity contribution in [3.05, 3.63) is 35.4 Å². The van der Waals surface area contributed by atoms with E-state index in [-0.39, 0.29) is 5.60 Å². The first-order chi connectivity index (χ1) is 8.11. The Morgan fingerprint density at radius 1 is 1.06 bits per heavy atom. The van der Waals surface area contributed by atoms with E-state index in [1.165, 1.54) is 11.1 Å². The second-order valence-corrected chi connectivity index (χ2v) is 4.88. The summed E-state index contributed by atoms with van der Waals surface area (Å²) >= 11 is 0. The first kappa shape index (κ1) is 14.2. The summed E-state index contributed by atoms with van der Waals surface area (Å²) in [6.45, 7) is 11.8. The summed E-state index contributed by atoms with van der Waals surface area (Å²) in [5.74, 6) is 0.545. The van der Waals surface area contributed by atoms with Crippen molar-refractivity contribution in [3.63, 3.8) is 0 Å². The molecule has 0 radical (unpaired) electrons. The van der Waals surface area contributed by atoms with E-state index >= 15 is 0 Å². The normalized spacial score (nSPS) is 12.1. The van der Waals surface area contributed by atoms with E-state index in [0.717, 1.165) is 19.4 Å². The maximum Gasteiger partial charge on any atom is 0.0928 e. The molecule has 0 saturated carbocycles. The molecule has 0 atom stereocenters. The lowest BCUT2D eigenvalue weighted by atomic mass is 9.82. The summed E-state index contributed by atoms with van der Waals surface area (Å²) in [5.41, 5.74) is 2.70. The molecule has 17 heavy (non-hydrogen) atoms. The Hall–Kier alpha value is -0.820. The molecule has 1 heteroatoms. The van der Waals surface area contributed by atoms with Crippen molar-refractivity contribution < 1.29 is 4.74 Å². The molecule has 0 spiro atoms. The zero-order valence-corrected chi connectivity index (χ0v) is 11.9. The van der Waals surface area contributed by atoms with E-state index in [4.69, 9.17) is 4.74 Å². The zero-order valence-electron chi connectivity index (χ0n) is 11.9. The van der Waals surface area contributed by atoms with Gasteiger partial charge in [-0.3, -0.25) is 0 Å².